The minimum absolute atomic E-state index is 0.499. The Kier molecular flexibility index (Phi) is 2.85. The van der Waals surface area contributed by atoms with E-state index in [1.54, 1.807) is 10.7 Å². The van der Waals surface area contributed by atoms with E-state index in [2.05, 4.69) is 22.0 Å². The van der Waals surface area contributed by atoms with E-state index in [1.807, 2.05) is 19.3 Å². The van der Waals surface area contributed by atoms with Crippen molar-refractivity contribution >= 4 is 5.82 Å². The van der Waals surface area contributed by atoms with Crippen LogP contribution in [0, 0.1) is 0 Å². The number of nitrogen functional groups attached to an aromatic ring is 1. The molecular weight excluding hydrogens is 202 g/mol. The maximum absolute atomic E-state index is 5.75. The molecule has 0 amide bonds. The summed E-state index contributed by atoms with van der Waals surface area (Å²) in [4.78, 5) is 8.63. The van der Waals surface area contributed by atoms with Crippen LogP contribution in [0.5, 0.6) is 0 Å². The number of hydrogen-bond acceptors (Lipinski definition) is 4. The Morgan fingerprint density at radius 3 is 2.75 bits per heavy atom. The third-order valence-corrected chi connectivity index (χ3v) is 2.24. The fraction of sp³-hybridized carbons (Fsp3) is 0.364. The largest absolute Gasteiger partial charge is 0.384 e. The summed E-state index contributed by atoms with van der Waals surface area (Å²) in [6.45, 7) is 2.09. The van der Waals surface area contributed by atoms with E-state index in [0.717, 1.165) is 30.1 Å². The monoisotopic (exact) mass is 217 g/mol. The maximum Gasteiger partial charge on any atom is 0.131 e. The maximum atomic E-state index is 5.75. The van der Waals surface area contributed by atoms with Crippen LogP contribution in [0.4, 0.5) is 5.82 Å². The topological polar surface area (TPSA) is 69.6 Å². The molecule has 0 saturated carbocycles. The first-order valence-electron chi connectivity index (χ1n) is 5.32. The summed E-state index contributed by atoms with van der Waals surface area (Å²) in [5.74, 6) is 1.28. The standard InChI is InChI=1S/C11H15N5/c1-3-4-11-13-9(7-10(12)14-11)8-5-6-16(2)15-8/h5-7H,3-4H2,1-2H3,(H2,12,13,14). The number of anilines is 1. The lowest BCUT2D eigenvalue weighted by atomic mass is 10.2. The van der Waals surface area contributed by atoms with Gasteiger partial charge in [-0.05, 0) is 12.5 Å². The molecule has 16 heavy (non-hydrogen) atoms. The average molecular weight is 217 g/mol. The van der Waals surface area contributed by atoms with Crippen LogP contribution in [0.25, 0.3) is 11.4 Å². The smallest absolute Gasteiger partial charge is 0.131 e. The van der Waals surface area contributed by atoms with Gasteiger partial charge in [0.2, 0.25) is 0 Å². The number of nitrogens with two attached hydrogens (primary N) is 1. The van der Waals surface area contributed by atoms with Gasteiger partial charge in [0.25, 0.3) is 0 Å². The highest BCUT2D eigenvalue weighted by Gasteiger charge is 2.06. The lowest BCUT2D eigenvalue weighted by Gasteiger charge is -2.02. The highest BCUT2D eigenvalue weighted by atomic mass is 15.2. The van der Waals surface area contributed by atoms with Crippen molar-refractivity contribution in [2.45, 2.75) is 19.8 Å². The van der Waals surface area contributed by atoms with Crippen LogP contribution < -0.4 is 5.73 Å². The van der Waals surface area contributed by atoms with Gasteiger partial charge in [0.1, 0.15) is 17.3 Å². The quantitative estimate of drug-likeness (QED) is 0.844. The molecule has 5 heteroatoms. The van der Waals surface area contributed by atoms with Crippen molar-refractivity contribution in [3.8, 4) is 11.4 Å². The van der Waals surface area contributed by atoms with E-state index in [0.29, 0.717) is 5.82 Å². The van der Waals surface area contributed by atoms with Crippen LogP contribution >= 0.6 is 0 Å². The molecule has 0 aliphatic rings. The summed E-state index contributed by atoms with van der Waals surface area (Å²) in [5, 5.41) is 4.29. The van der Waals surface area contributed by atoms with Crippen LogP contribution in [0.15, 0.2) is 18.3 Å². The van der Waals surface area contributed by atoms with Crippen molar-refractivity contribution in [3.05, 3.63) is 24.2 Å². The molecule has 2 aromatic rings. The summed E-state index contributed by atoms with van der Waals surface area (Å²) in [6, 6.07) is 3.67. The third-order valence-electron chi connectivity index (χ3n) is 2.24. The van der Waals surface area contributed by atoms with E-state index in [9.17, 15) is 0 Å². The molecule has 0 atom stereocenters. The molecule has 0 aliphatic carbocycles. The SMILES string of the molecule is CCCc1nc(N)cc(-c2ccn(C)n2)n1. The molecule has 0 bridgehead atoms. The Hall–Kier alpha value is -1.91. The molecule has 0 aromatic carbocycles. The van der Waals surface area contributed by atoms with Gasteiger partial charge in [-0.1, -0.05) is 6.92 Å². The first kappa shape index (κ1) is 10.6. The van der Waals surface area contributed by atoms with Crippen molar-refractivity contribution in [1.82, 2.24) is 19.7 Å². The predicted octanol–water partition coefficient (Wildman–Crippen LogP) is 1.41. The number of hydrogen-bond donors (Lipinski definition) is 1. The number of nitrogens with zero attached hydrogens (tertiary/aromatic N) is 4. The lowest BCUT2D eigenvalue weighted by Crippen LogP contribution is -2.01. The zero-order valence-electron chi connectivity index (χ0n) is 9.51. The van der Waals surface area contributed by atoms with Gasteiger partial charge < -0.3 is 5.73 Å². The van der Waals surface area contributed by atoms with E-state index in [4.69, 9.17) is 5.73 Å². The van der Waals surface area contributed by atoms with Gasteiger partial charge in [-0.2, -0.15) is 5.10 Å². The lowest BCUT2D eigenvalue weighted by molar-refractivity contribution is 0.768. The van der Waals surface area contributed by atoms with Gasteiger partial charge in [-0.25, -0.2) is 9.97 Å². The summed E-state index contributed by atoms with van der Waals surface area (Å²) in [7, 11) is 1.88. The molecule has 5 nitrogen and oxygen atoms in total. The van der Waals surface area contributed by atoms with Gasteiger partial charge in [0.05, 0.1) is 5.69 Å². The molecular formula is C11H15N5. The average Bonchev–Trinajstić information content (AvgIpc) is 2.64. The molecule has 0 aliphatic heterocycles. The highest BCUT2D eigenvalue weighted by molar-refractivity contribution is 5.57. The van der Waals surface area contributed by atoms with Gasteiger partial charge >= 0.3 is 0 Å². The fourth-order valence-electron chi connectivity index (χ4n) is 1.54. The Labute approximate surface area is 94.3 Å². The first-order valence-corrected chi connectivity index (χ1v) is 5.32. The molecule has 2 heterocycles. The Morgan fingerprint density at radius 1 is 1.31 bits per heavy atom. The molecule has 2 aromatic heterocycles. The molecule has 0 unspecified atom stereocenters. The summed E-state index contributed by atoms with van der Waals surface area (Å²) in [5.41, 5.74) is 7.36. The third kappa shape index (κ3) is 2.18. The van der Waals surface area contributed by atoms with E-state index < -0.39 is 0 Å². The Balaban J connectivity index is 2.40. The molecule has 0 spiro atoms. The summed E-state index contributed by atoms with van der Waals surface area (Å²) in [6.07, 6.45) is 3.73. The van der Waals surface area contributed by atoms with Crippen LogP contribution in [-0.2, 0) is 13.5 Å². The van der Waals surface area contributed by atoms with E-state index >= 15 is 0 Å². The van der Waals surface area contributed by atoms with Gasteiger partial charge in [0, 0.05) is 25.7 Å². The van der Waals surface area contributed by atoms with Crippen molar-refractivity contribution in [1.29, 1.82) is 0 Å². The number of aryl methyl sites for hydroxylation is 2. The summed E-state index contributed by atoms with van der Waals surface area (Å²) >= 11 is 0. The molecule has 2 N–H and O–H groups in total. The molecule has 0 saturated heterocycles. The van der Waals surface area contributed by atoms with Crippen molar-refractivity contribution in [3.63, 3.8) is 0 Å². The molecule has 84 valence electrons. The van der Waals surface area contributed by atoms with Crippen LogP contribution in [0.1, 0.15) is 19.2 Å². The predicted molar refractivity (Wildman–Crippen MR) is 62.6 cm³/mol. The number of aromatic nitrogens is 4. The Morgan fingerprint density at radius 2 is 2.12 bits per heavy atom. The zero-order valence-corrected chi connectivity index (χ0v) is 9.51. The second-order valence-corrected chi connectivity index (χ2v) is 3.72. The second-order valence-electron chi connectivity index (χ2n) is 3.72. The van der Waals surface area contributed by atoms with E-state index in [-0.39, 0.29) is 0 Å². The normalized spacial score (nSPS) is 10.6. The Bertz CT molecular complexity index is 489. The van der Waals surface area contributed by atoms with Crippen molar-refractivity contribution < 1.29 is 0 Å². The van der Waals surface area contributed by atoms with Gasteiger partial charge in [0.15, 0.2) is 0 Å². The van der Waals surface area contributed by atoms with Crippen molar-refractivity contribution in [2.75, 3.05) is 5.73 Å². The first-order chi connectivity index (χ1) is 7.69. The second kappa shape index (κ2) is 4.30. The fourth-order valence-corrected chi connectivity index (χ4v) is 1.54. The van der Waals surface area contributed by atoms with Crippen LogP contribution in [-0.4, -0.2) is 19.7 Å². The zero-order chi connectivity index (χ0) is 11.5. The highest BCUT2D eigenvalue weighted by Crippen LogP contribution is 2.16. The molecule has 0 fully saturated rings. The van der Waals surface area contributed by atoms with Crippen LogP contribution in [0.2, 0.25) is 0 Å². The van der Waals surface area contributed by atoms with E-state index in [1.165, 1.54) is 0 Å². The minimum Gasteiger partial charge on any atom is -0.384 e. The minimum atomic E-state index is 0.499. The van der Waals surface area contributed by atoms with Crippen LogP contribution in [0.3, 0.4) is 0 Å². The van der Waals surface area contributed by atoms with Gasteiger partial charge in [-0.3, -0.25) is 4.68 Å². The van der Waals surface area contributed by atoms with Gasteiger partial charge in [-0.15, -0.1) is 0 Å². The number of rotatable bonds is 3. The molecule has 2 rings (SSSR count). The molecule has 0 radical (unpaired) electrons. The summed E-state index contributed by atoms with van der Waals surface area (Å²) < 4.78 is 1.74. The van der Waals surface area contributed by atoms with Crippen molar-refractivity contribution in [2.24, 2.45) is 7.05 Å².